The van der Waals surface area contributed by atoms with Crippen molar-refractivity contribution in [2.75, 3.05) is 7.11 Å². The van der Waals surface area contributed by atoms with Crippen LogP contribution in [0.2, 0.25) is 0 Å². The summed E-state index contributed by atoms with van der Waals surface area (Å²) < 4.78 is 11.2. The third-order valence-corrected chi connectivity index (χ3v) is 5.06. The first-order valence-corrected chi connectivity index (χ1v) is 9.13. The highest BCUT2D eigenvalue weighted by Gasteiger charge is 2.19. The molecular formula is C23H22O3. The van der Waals surface area contributed by atoms with Crippen molar-refractivity contribution in [3.63, 3.8) is 0 Å². The fourth-order valence-electron chi connectivity index (χ4n) is 3.65. The molecule has 0 N–H and O–H groups in total. The smallest absolute Gasteiger partial charge is 0.337 e. The molecule has 1 saturated carbocycles. The Kier molecular flexibility index (Phi) is 4.61. The van der Waals surface area contributed by atoms with Crippen LogP contribution >= 0.6 is 0 Å². The van der Waals surface area contributed by atoms with Gasteiger partial charge in [0.25, 0.3) is 0 Å². The van der Waals surface area contributed by atoms with Crippen molar-refractivity contribution >= 4 is 16.7 Å². The summed E-state index contributed by atoms with van der Waals surface area (Å²) in [6.07, 6.45) is 4.89. The second kappa shape index (κ2) is 7.20. The Hall–Kier alpha value is -2.81. The van der Waals surface area contributed by atoms with E-state index in [-0.39, 0.29) is 12.1 Å². The second-order valence-corrected chi connectivity index (χ2v) is 6.79. The van der Waals surface area contributed by atoms with Gasteiger partial charge in [0.2, 0.25) is 0 Å². The Bertz CT molecular complexity index is 939. The molecule has 0 aliphatic heterocycles. The van der Waals surface area contributed by atoms with Gasteiger partial charge < -0.3 is 9.47 Å². The third-order valence-electron chi connectivity index (χ3n) is 5.06. The lowest BCUT2D eigenvalue weighted by Crippen LogP contribution is -2.12. The average Bonchev–Trinajstić information content (AvgIpc) is 3.20. The zero-order valence-electron chi connectivity index (χ0n) is 14.9. The number of fused-ring (bicyclic) bond motifs is 1. The van der Waals surface area contributed by atoms with E-state index in [1.54, 1.807) is 6.07 Å². The monoisotopic (exact) mass is 346 g/mol. The van der Waals surface area contributed by atoms with Crippen molar-refractivity contribution in [1.82, 2.24) is 0 Å². The lowest BCUT2D eigenvalue weighted by molar-refractivity contribution is 0.0600. The summed E-state index contributed by atoms with van der Waals surface area (Å²) in [5.74, 6) is 0.499. The molecule has 0 atom stereocenters. The fourth-order valence-corrected chi connectivity index (χ4v) is 3.65. The summed E-state index contributed by atoms with van der Waals surface area (Å²) in [4.78, 5) is 12.0. The normalized spacial score (nSPS) is 14.5. The maximum absolute atomic E-state index is 12.0. The van der Waals surface area contributed by atoms with Gasteiger partial charge in [-0.15, -0.1) is 0 Å². The maximum atomic E-state index is 12.0. The van der Waals surface area contributed by atoms with E-state index >= 15 is 0 Å². The van der Waals surface area contributed by atoms with E-state index in [2.05, 4.69) is 30.3 Å². The van der Waals surface area contributed by atoms with Gasteiger partial charge >= 0.3 is 5.97 Å². The predicted octanol–water partition coefficient (Wildman–Crippen LogP) is 5.61. The minimum atomic E-state index is -0.334. The number of rotatable bonds is 4. The lowest BCUT2D eigenvalue weighted by Gasteiger charge is -2.18. The van der Waals surface area contributed by atoms with E-state index in [0.717, 1.165) is 29.7 Å². The fraction of sp³-hybridized carbons (Fsp3) is 0.261. The van der Waals surface area contributed by atoms with Gasteiger partial charge in [-0.05, 0) is 66.3 Å². The number of hydrogen-bond acceptors (Lipinski definition) is 3. The molecule has 0 radical (unpaired) electrons. The molecule has 132 valence electrons. The maximum Gasteiger partial charge on any atom is 0.337 e. The van der Waals surface area contributed by atoms with Gasteiger partial charge in [-0.3, -0.25) is 0 Å². The molecule has 26 heavy (non-hydrogen) atoms. The van der Waals surface area contributed by atoms with Gasteiger partial charge in [-0.2, -0.15) is 0 Å². The van der Waals surface area contributed by atoms with Crippen LogP contribution < -0.4 is 4.74 Å². The highest BCUT2D eigenvalue weighted by molar-refractivity contribution is 5.93. The van der Waals surface area contributed by atoms with E-state index in [0.29, 0.717) is 5.56 Å². The van der Waals surface area contributed by atoms with Crippen molar-refractivity contribution in [3.8, 4) is 16.9 Å². The number of esters is 1. The molecule has 4 rings (SSSR count). The quantitative estimate of drug-likeness (QED) is 0.576. The van der Waals surface area contributed by atoms with Crippen molar-refractivity contribution in [3.05, 3.63) is 66.2 Å². The standard InChI is InChI=1S/C23H22O3/c1-25-23(24)19-12-13-22(26-20-8-4-5-9-20)21(15-19)18-11-10-16-6-2-3-7-17(16)14-18/h2-3,6-7,10-15,20H,4-5,8-9H2,1H3. The van der Waals surface area contributed by atoms with E-state index in [1.807, 2.05) is 24.3 Å². The minimum Gasteiger partial charge on any atom is -0.490 e. The topological polar surface area (TPSA) is 35.5 Å². The Balaban J connectivity index is 1.79. The number of methoxy groups -OCH3 is 1. The summed E-state index contributed by atoms with van der Waals surface area (Å²) in [6.45, 7) is 0. The third kappa shape index (κ3) is 3.30. The molecule has 0 spiro atoms. The Labute approximate surface area is 153 Å². The van der Waals surface area contributed by atoms with Crippen molar-refractivity contribution in [2.45, 2.75) is 31.8 Å². The van der Waals surface area contributed by atoms with Gasteiger partial charge in [-0.1, -0.05) is 36.4 Å². The van der Waals surface area contributed by atoms with Crippen LogP contribution in [-0.4, -0.2) is 19.2 Å². The van der Waals surface area contributed by atoms with Gasteiger partial charge in [0.1, 0.15) is 5.75 Å². The summed E-state index contributed by atoms with van der Waals surface area (Å²) in [5, 5.41) is 2.36. The van der Waals surface area contributed by atoms with Crippen LogP contribution in [0, 0.1) is 0 Å². The number of hydrogen-bond donors (Lipinski definition) is 0. The Morgan fingerprint density at radius 2 is 1.69 bits per heavy atom. The van der Waals surface area contributed by atoms with E-state index in [4.69, 9.17) is 9.47 Å². The molecule has 0 saturated heterocycles. The molecule has 3 aromatic rings. The highest BCUT2D eigenvalue weighted by Crippen LogP contribution is 2.35. The van der Waals surface area contributed by atoms with Gasteiger partial charge in [0, 0.05) is 5.56 Å². The Morgan fingerprint density at radius 3 is 2.46 bits per heavy atom. The summed E-state index contributed by atoms with van der Waals surface area (Å²) >= 11 is 0. The Morgan fingerprint density at radius 1 is 0.923 bits per heavy atom. The molecule has 3 nitrogen and oxygen atoms in total. The van der Waals surface area contributed by atoms with Gasteiger partial charge in [-0.25, -0.2) is 4.79 Å². The second-order valence-electron chi connectivity index (χ2n) is 6.79. The van der Waals surface area contributed by atoms with E-state index < -0.39 is 0 Å². The first-order chi connectivity index (χ1) is 12.7. The van der Waals surface area contributed by atoms with Crippen molar-refractivity contribution in [2.24, 2.45) is 0 Å². The molecule has 0 bridgehead atoms. The molecule has 3 heteroatoms. The molecule has 0 amide bonds. The minimum absolute atomic E-state index is 0.262. The van der Waals surface area contributed by atoms with Crippen LogP contribution in [0.15, 0.2) is 60.7 Å². The molecule has 0 heterocycles. The predicted molar refractivity (Wildman–Crippen MR) is 104 cm³/mol. The molecular weight excluding hydrogens is 324 g/mol. The summed E-state index contributed by atoms with van der Waals surface area (Å²) in [5.41, 5.74) is 2.52. The van der Waals surface area contributed by atoms with Crippen LogP contribution in [0.25, 0.3) is 21.9 Å². The zero-order valence-corrected chi connectivity index (χ0v) is 14.9. The van der Waals surface area contributed by atoms with E-state index in [1.165, 1.54) is 30.7 Å². The first-order valence-electron chi connectivity index (χ1n) is 9.13. The van der Waals surface area contributed by atoms with E-state index in [9.17, 15) is 4.79 Å². The largest absolute Gasteiger partial charge is 0.490 e. The first kappa shape index (κ1) is 16.6. The van der Waals surface area contributed by atoms with Crippen LogP contribution in [-0.2, 0) is 4.74 Å². The molecule has 0 aromatic heterocycles. The number of benzene rings is 3. The molecule has 0 unspecified atom stereocenters. The lowest BCUT2D eigenvalue weighted by atomic mass is 9.98. The summed E-state index contributed by atoms with van der Waals surface area (Å²) in [6, 6.07) is 20.2. The number of carbonyl (C=O) groups is 1. The van der Waals surface area contributed by atoms with Gasteiger partial charge in [0.15, 0.2) is 0 Å². The average molecular weight is 346 g/mol. The highest BCUT2D eigenvalue weighted by atomic mass is 16.5. The zero-order chi connectivity index (χ0) is 17.9. The molecule has 1 aliphatic carbocycles. The summed E-state index contributed by atoms with van der Waals surface area (Å²) in [7, 11) is 1.40. The van der Waals surface area contributed by atoms with Crippen LogP contribution in [0.4, 0.5) is 0 Å². The van der Waals surface area contributed by atoms with Crippen LogP contribution in [0.1, 0.15) is 36.0 Å². The number of carbonyl (C=O) groups excluding carboxylic acids is 1. The SMILES string of the molecule is COC(=O)c1ccc(OC2CCCC2)c(-c2ccc3ccccc3c2)c1. The molecule has 1 fully saturated rings. The van der Waals surface area contributed by atoms with Crippen LogP contribution in [0.5, 0.6) is 5.75 Å². The van der Waals surface area contributed by atoms with Crippen molar-refractivity contribution < 1.29 is 14.3 Å². The molecule has 3 aromatic carbocycles. The number of ether oxygens (including phenoxy) is 2. The molecule has 1 aliphatic rings. The van der Waals surface area contributed by atoms with Crippen LogP contribution in [0.3, 0.4) is 0 Å². The van der Waals surface area contributed by atoms with Crippen molar-refractivity contribution in [1.29, 1.82) is 0 Å². The van der Waals surface area contributed by atoms with Gasteiger partial charge in [0.05, 0.1) is 18.8 Å².